The Kier molecular flexibility index (Phi) is 3.52. The van der Waals surface area contributed by atoms with E-state index in [4.69, 9.17) is 5.11 Å². The van der Waals surface area contributed by atoms with Crippen LogP contribution in [-0.2, 0) is 9.84 Å². The quantitative estimate of drug-likeness (QED) is 0.533. The summed E-state index contributed by atoms with van der Waals surface area (Å²) < 4.78 is 21.8. The Morgan fingerprint density at radius 2 is 1.67 bits per heavy atom. The lowest BCUT2D eigenvalue weighted by Crippen LogP contribution is -1.97. The van der Waals surface area contributed by atoms with Gasteiger partial charge in [-0.3, -0.25) is 0 Å². The van der Waals surface area contributed by atoms with Crippen molar-refractivity contribution < 1.29 is 13.5 Å². The molecule has 0 aromatic rings. The highest BCUT2D eigenvalue weighted by molar-refractivity contribution is 7.94. The molecule has 0 spiro atoms. The summed E-state index contributed by atoms with van der Waals surface area (Å²) in [5.41, 5.74) is 0.568. The van der Waals surface area contributed by atoms with Gasteiger partial charge in [0.15, 0.2) is 9.84 Å². The largest absolute Gasteiger partial charge is 0.512 e. The Labute approximate surface area is 73.3 Å². The van der Waals surface area contributed by atoms with Crippen LogP contribution in [0.5, 0.6) is 0 Å². The van der Waals surface area contributed by atoms with Gasteiger partial charge >= 0.3 is 0 Å². The van der Waals surface area contributed by atoms with Crippen LogP contribution < -0.4 is 0 Å². The molecule has 0 heterocycles. The molecule has 3 nitrogen and oxygen atoms in total. The van der Waals surface area contributed by atoms with Crippen molar-refractivity contribution >= 4 is 9.84 Å². The van der Waals surface area contributed by atoms with Crippen LogP contribution in [0.3, 0.4) is 0 Å². The summed E-state index contributed by atoms with van der Waals surface area (Å²) in [6.07, 6.45) is 2.59. The maximum Gasteiger partial charge on any atom is 0.171 e. The average Bonchev–Trinajstić information content (AvgIpc) is 1.85. The molecular weight excluding hydrogens is 176 g/mol. The molecule has 0 rings (SSSR count). The average molecular weight is 190 g/mol. The molecule has 0 amide bonds. The highest BCUT2D eigenvalue weighted by Gasteiger charge is 2.04. The summed E-state index contributed by atoms with van der Waals surface area (Å²) in [6.45, 7) is 4.67. The standard InChI is InChI=1S/C8H14O3S/c1-6(8(3)9)5-7(2)12(4,10)11/h5,9H,1-4H3/b7-5+,8-6+. The summed E-state index contributed by atoms with van der Waals surface area (Å²) in [7, 11) is -3.12. The molecule has 0 saturated carbocycles. The predicted molar refractivity (Wildman–Crippen MR) is 49.6 cm³/mol. The van der Waals surface area contributed by atoms with Gasteiger partial charge in [-0.15, -0.1) is 0 Å². The second kappa shape index (κ2) is 3.76. The molecule has 0 saturated heterocycles. The highest BCUT2D eigenvalue weighted by Crippen LogP contribution is 2.09. The first kappa shape index (κ1) is 11.2. The number of hydrogen-bond donors (Lipinski definition) is 1. The molecule has 0 radical (unpaired) electrons. The van der Waals surface area contributed by atoms with Crippen molar-refractivity contribution in [1.29, 1.82) is 0 Å². The lowest BCUT2D eigenvalue weighted by molar-refractivity contribution is 0.409. The summed E-state index contributed by atoms with van der Waals surface area (Å²) in [6, 6.07) is 0. The van der Waals surface area contributed by atoms with Crippen LogP contribution in [-0.4, -0.2) is 19.8 Å². The van der Waals surface area contributed by atoms with Crippen LogP contribution in [0.15, 0.2) is 22.3 Å². The zero-order chi connectivity index (χ0) is 9.94. The normalized spacial score (nSPS) is 15.8. The number of aliphatic hydroxyl groups excluding tert-OH is 1. The fourth-order valence-corrected chi connectivity index (χ4v) is 0.907. The third-order valence-corrected chi connectivity index (χ3v) is 2.86. The first-order valence-electron chi connectivity index (χ1n) is 3.50. The van der Waals surface area contributed by atoms with E-state index >= 15 is 0 Å². The van der Waals surface area contributed by atoms with E-state index in [1.807, 2.05) is 0 Å². The summed E-state index contributed by atoms with van der Waals surface area (Å²) in [4.78, 5) is 0.258. The van der Waals surface area contributed by atoms with Crippen LogP contribution in [0.4, 0.5) is 0 Å². The van der Waals surface area contributed by atoms with Crippen molar-refractivity contribution in [1.82, 2.24) is 0 Å². The van der Waals surface area contributed by atoms with E-state index in [0.717, 1.165) is 6.26 Å². The fraction of sp³-hybridized carbons (Fsp3) is 0.500. The van der Waals surface area contributed by atoms with E-state index < -0.39 is 9.84 Å². The Balaban J connectivity index is 4.97. The SMILES string of the molecule is C/C(=C\C(C)=C(/C)O)S(C)(=O)=O. The minimum absolute atomic E-state index is 0.137. The van der Waals surface area contributed by atoms with Gasteiger partial charge in [-0.1, -0.05) is 0 Å². The molecule has 4 heteroatoms. The highest BCUT2D eigenvalue weighted by atomic mass is 32.2. The third kappa shape index (κ3) is 3.57. The van der Waals surface area contributed by atoms with Gasteiger partial charge in [-0.2, -0.15) is 0 Å². The molecule has 0 bridgehead atoms. The number of rotatable bonds is 2. The van der Waals surface area contributed by atoms with Crippen LogP contribution >= 0.6 is 0 Å². The number of hydrogen-bond acceptors (Lipinski definition) is 3. The minimum Gasteiger partial charge on any atom is -0.512 e. The first-order chi connectivity index (χ1) is 5.25. The van der Waals surface area contributed by atoms with Gasteiger partial charge in [-0.25, -0.2) is 8.42 Å². The molecule has 0 fully saturated rings. The van der Waals surface area contributed by atoms with Crippen molar-refractivity contribution in [3.05, 3.63) is 22.3 Å². The summed E-state index contributed by atoms with van der Waals surface area (Å²) in [5.74, 6) is 0.137. The molecule has 1 N–H and O–H groups in total. The van der Waals surface area contributed by atoms with Gasteiger partial charge in [0.05, 0.1) is 5.76 Å². The molecular formula is C8H14O3S. The van der Waals surface area contributed by atoms with Crippen LogP contribution in [0.2, 0.25) is 0 Å². The lowest BCUT2D eigenvalue weighted by Gasteiger charge is -1.98. The van der Waals surface area contributed by atoms with Gasteiger partial charge in [0.1, 0.15) is 0 Å². The molecule has 70 valence electrons. The van der Waals surface area contributed by atoms with Crippen molar-refractivity contribution in [3.63, 3.8) is 0 Å². The molecule has 0 unspecified atom stereocenters. The van der Waals surface area contributed by atoms with Crippen LogP contribution in [0.25, 0.3) is 0 Å². The monoisotopic (exact) mass is 190 g/mol. The zero-order valence-corrected chi connectivity index (χ0v) is 8.57. The summed E-state index contributed by atoms with van der Waals surface area (Å²) >= 11 is 0. The molecule has 0 aliphatic rings. The Bertz CT molecular complexity index is 316. The topological polar surface area (TPSA) is 54.4 Å². The Hall–Kier alpha value is -0.770. The van der Waals surface area contributed by atoms with Crippen LogP contribution in [0.1, 0.15) is 20.8 Å². The van der Waals surface area contributed by atoms with Crippen LogP contribution in [0, 0.1) is 0 Å². The third-order valence-electron chi connectivity index (χ3n) is 1.58. The molecule has 12 heavy (non-hydrogen) atoms. The molecule has 0 aliphatic heterocycles. The first-order valence-corrected chi connectivity index (χ1v) is 5.39. The molecule has 0 atom stereocenters. The Morgan fingerprint density at radius 3 is 1.92 bits per heavy atom. The predicted octanol–water partition coefficient (Wildman–Crippen LogP) is 1.79. The van der Waals surface area contributed by atoms with Crippen molar-refractivity contribution in [2.75, 3.05) is 6.26 Å². The van der Waals surface area contributed by atoms with E-state index in [1.54, 1.807) is 6.92 Å². The van der Waals surface area contributed by atoms with Crippen molar-refractivity contribution in [2.45, 2.75) is 20.8 Å². The van der Waals surface area contributed by atoms with Gasteiger partial charge in [0, 0.05) is 11.2 Å². The number of allylic oxidation sites excluding steroid dienone is 4. The van der Waals surface area contributed by atoms with Gasteiger partial charge in [-0.05, 0) is 32.4 Å². The van der Waals surface area contributed by atoms with E-state index in [9.17, 15) is 8.42 Å². The minimum atomic E-state index is -3.12. The molecule has 0 aromatic carbocycles. The van der Waals surface area contributed by atoms with Gasteiger partial charge < -0.3 is 5.11 Å². The smallest absolute Gasteiger partial charge is 0.171 e. The number of aliphatic hydroxyl groups is 1. The van der Waals surface area contributed by atoms with Crippen molar-refractivity contribution in [2.24, 2.45) is 0 Å². The second-order valence-corrected chi connectivity index (χ2v) is 4.98. The van der Waals surface area contributed by atoms with E-state index in [-0.39, 0.29) is 10.7 Å². The maximum absolute atomic E-state index is 10.9. The molecule has 0 aliphatic carbocycles. The Morgan fingerprint density at radius 1 is 1.25 bits per heavy atom. The van der Waals surface area contributed by atoms with E-state index in [0.29, 0.717) is 5.57 Å². The second-order valence-electron chi connectivity index (χ2n) is 2.80. The zero-order valence-electron chi connectivity index (χ0n) is 7.75. The van der Waals surface area contributed by atoms with Crippen molar-refractivity contribution in [3.8, 4) is 0 Å². The maximum atomic E-state index is 10.9. The fourth-order valence-electron chi connectivity index (χ4n) is 0.516. The number of sulfone groups is 1. The van der Waals surface area contributed by atoms with E-state index in [2.05, 4.69) is 0 Å². The summed E-state index contributed by atoms with van der Waals surface area (Å²) in [5, 5.41) is 8.98. The van der Waals surface area contributed by atoms with Gasteiger partial charge in [0.2, 0.25) is 0 Å². The van der Waals surface area contributed by atoms with Gasteiger partial charge in [0.25, 0.3) is 0 Å². The van der Waals surface area contributed by atoms with E-state index in [1.165, 1.54) is 19.9 Å². The molecule has 0 aromatic heterocycles. The lowest BCUT2D eigenvalue weighted by atomic mass is 10.2.